The largest absolute Gasteiger partial charge is 0.370 e. The van der Waals surface area contributed by atoms with Crippen molar-refractivity contribution in [2.24, 2.45) is 0 Å². The van der Waals surface area contributed by atoms with Gasteiger partial charge in [0.2, 0.25) is 18.7 Å². The topological polar surface area (TPSA) is 69.7 Å². The predicted octanol–water partition coefficient (Wildman–Crippen LogP) is 1.72. The fourth-order valence-corrected chi connectivity index (χ4v) is 2.34. The van der Waals surface area contributed by atoms with Crippen LogP contribution in [0.15, 0.2) is 18.2 Å². The van der Waals surface area contributed by atoms with E-state index >= 15 is 0 Å². The van der Waals surface area contributed by atoms with Crippen LogP contribution in [-0.2, 0) is 20.8 Å². The number of rotatable bonds is 9. The van der Waals surface area contributed by atoms with Crippen LogP contribution in [0.5, 0.6) is 0 Å². The molecule has 0 saturated carbocycles. The molecule has 1 N–H and O–H groups in total. The number of aryl methyl sites for hydroxylation is 1. The second-order valence-electron chi connectivity index (χ2n) is 5.58. The molecule has 0 aliphatic rings. The fraction of sp³-hybridized carbons (Fsp3) is 0.471. The summed E-state index contributed by atoms with van der Waals surface area (Å²) in [7, 11) is 3.66. The van der Waals surface area contributed by atoms with Gasteiger partial charge < -0.3 is 9.80 Å². The Balaban J connectivity index is 2.92. The third-order valence-corrected chi connectivity index (χ3v) is 4.04. The van der Waals surface area contributed by atoms with Crippen molar-refractivity contribution >= 4 is 30.1 Å². The van der Waals surface area contributed by atoms with Crippen molar-refractivity contribution < 1.29 is 14.4 Å². The summed E-state index contributed by atoms with van der Waals surface area (Å²) >= 11 is 0. The average molecular weight is 319 g/mol. The lowest BCUT2D eigenvalue weighted by atomic mass is 10.1. The summed E-state index contributed by atoms with van der Waals surface area (Å²) in [6, 6.07) is 6.13. The van der Waals surface area contributed by atoms with E-state index in [1.807, 2.05) is 37.1 Å². The third-order valence-electron chi connectivity index (χ3n) is 4.04. The van der Waals surface area contributed by atoms with Gasteiger partial charge in [-0.3, -0.25) is 19.7 Å². The maximum Gasteiger partial charge on any atom is 0.226 e. The molecule has 0 aliphatic carbocycles. The van der Waals surface area contributed by atoms with E-state index in [-0.39, 0.29) is 18.4 Å². The van der Waals surface area contributed by atoms with E-state index in [0.717, 1.165) is 29.8 Å². The predicted molar refractivity (Wildman–Crippen MR) is 91.6 cm³/mol. The normalized spacial score (nSPS) is 11.5. The lowest BCUT2D eigenvalue weighted by Gasteiger charge is -2.30. The number of nitrogens with zero attached hydrogens (tertiary/aromatic N) is 2. The van der Waals surface area contributed by atoms with Gasteiger partial charge in [-0.2, -0.15) is 0 Å². The first-order chi connectivity index (χ1) is 10.9. The quantitative estimate of drug-likeness (QED) is 0.704. The van der Waals surface area contributed by atoms with Crippen LogP contribution in [0, 0.1) is 0 Å². The van der Waals surface area contributed by atoms with E-state index in [0.29, 0.717) is 12.8 Å². The van der Waals surface area contributed by atoms with Gasteiger partial charge in [-0.1, -0.05) is 13.0 Å². The second kappa shape index (κ2) is 8.92. The van der Waals surface area contributed by atoms with Crippen LogP contribution in [0.4, 0.5) is 11.4 Å². The smallest absolute Gasteiger partial charge is 0.226 e. The van der Waals surface area contributed by atoms with Crippen LogP contribution < -0.4 is 15.1 Å². The number of anilines is 2. The van der Waals surface area contributed by atoms with Crippen molar-refractivity contribution in [1.82, 2.24) is 5.32 Å². The van der Waals surface area contributed by atoms with Gasteiger partial charge in [-0.25, -0.2) is 0 Å². The molecule has 0 bridgehead atoms. The number of benzene rings is 1. The molecule has 0 radical (unpaired) electrons. The molecule has 0 spiro atoms. The number of carbonyl (C=O) groups excluding carboxylic acids is 3. The molecule has 0 aromatic heterocycles. The van der Waals surface area contributed by atoms with Gasteiger partial charge >= 0.3 is 0 Å². The molecule has 0 heterocycles. The molecule has 1 unspecified atom stereocenters. The Bertz CT molecular complexity index is 560. The van der Waals surface area contributed by atoms with E-state index in [1.54, 1.807) is 11.9 Å². The molecule has 1 aromatic rings. The number of imide groups is 1. The van der Waals surface area contributed by atoms with Crippen molar-refractivity contribution in [2.45, 2.75) is 39.2 Å². The summed E-state index contributed by atoms with van der Waals surface area (Å²) in [6.45, 7) is 4.07. The highest BCUT2D eigenvalue weighted by Crippen LogP contribution is 2.30. The van der Waals surface area contributed by atoms with E-state index < -0.39 is 0 Å². The summed E-state index contributed by atoms with van der Waals surface area (Å²) in [4.78, 5) is 36.4. The minimum absolute atomic E-state index is 0.0821. The Hall–Kier alpha value is -2.37. The highest BCUT2D eigenvalue weighted by Gasteiger charge is 2.17. The van der Waals surface area contributed by atoms with Gasteiger partial charge in [0.15, 0.2) is 0 Å². The lowest BCUT2D eigenvalue weighted by molar-refractivity contribution is -0.125. The zero-order valence-corrected chi connectivity index (χ0v) is 14.2. The molecule has 3 amide bonds. The number of amides is 3. The van der Waals surface area contributed by atoms with Crippen LogP contribution in [0.2, 0.25) is 0 Å². The van der Waals surface area contributed by atoms with Crippen molar-refractivity contribution in [3.63, 3.8) is 0 Å². The number of carbonyl (C=O) groups is 3. The maximum atomic E-state index is 11.4. The van der Waals surface area contributed by atoms with Gasteiger partial charge in [0.25, 0.3) is 0 Å². The molecule has 0 saturated heterocycles. The van der Waals surface area contributed by atoms with Crippen molar-refractivity contribution in [1.29, 1.82) is 0 Å². The first-order valence-corrected chi connectivity index (χ1v) is 7.71. The van der Waals surface area contributed by atoms with Crippen molar-refractivity contribution in [3.8, 4) is 0 Å². The minimum Gasteiger partial charge on any atom is -0.370 e. The lowest BCUT2D eigenvalue weighted by Crippen LogP contribution is -2.32. The van der Waals surface area contributed by atoms with Crippen LogP contribution in [0.1, 0.15) is 32.3 Å². The van der Waals surface area contributed by atoms with Crippen LogP contribution in [0.3, 0.4) is 0 Å². The van der Waals surface area contributed by atoms with E-state index in [9.17, 15) is 14.4 Å². The summed E-state index contributed by atoms with van der Waals surface area (Å²) in [6.07, 6.45) is 2.96. The molecule has 6 heteroatoms. The zero-order valence-electron chi connectivity index (χ0n) is 14.2. The molecular weight excluding hydrogens is 294 g/mol. The fourth-order valence-electron chi connectivity index (χ4n) is 2.34. The molecule has 6 nitrogen and oxygen atoms in total. The monoisotopic (exact) mass is 319 g/mol. The van der Waals surface area contributed by atoms with Gasteiger partial charge in [0.05, 0.1) is 11.4 Å². The molecule has 0 fully saturated rings. The molecule has 126 valence electrons. The highest BCUT2D eigenvalue weighted by atomic mass is 16.2. The number of nitrogens with one attached hydrogen (secondary N) is 1. The van der Waals surface area contributed by atoms with Crippen LogP contribution in [0.25, 0.3) is 0 Å². The highest BCUT2D eigenvalue weighted by molar-refractivity contribution is 5.86. The Morgan fingerprint density at radius 1 is 1.26 bits per heavy atom. The van der Waals surface area contributed by atoms with Crippen molar-refractivity contribution in [3.05, 3.63) is 23.8 Å². The van der Waals surface area contributed by atoms with E-state index in [4.69, 9.17) is 0 Å². The summed E-state index contributed by atoms with van der Waals surface area (Å²) in [5.74, 6) is -0.285. The first kappa shape index (κ1) is 18.7. The van der Waals surface area contributed by atoms with Gasteiger partial charge in [-0.05, 0) is 37.5 Å². The Kier molecular flexibility index (Phi) is 7.25. The van der Waals surface area contributed by atoms with E-state index in [2.05, 4.69) is 12.2 Å². The van der Waals surface area contributed by atoms with Gasteiger partial charge in [0.1, 0.15) is 0 Å². The molecule has 23 heavy (non-hydrogen) atoms. The SMILES string of the molecule is CCc1ccc(N(C)C(C)CCC(=O)NC=O)c(N(C)C=O)c1. The van der Waals surface area contributed by atoms with Gasteiger partial charge in [-0.15, -0.1) is 0 Å². The molecule has 1 atom stereocenters. The standard InChI is InChI=1S/C17H25N3O3/c1-5-14-7-8-15(16(10-14)19(3)12-22)20(4)13(2)6-9-17(23)18-11-21/h7-8,10-13H,5-6,9H2,1-4H3,(H,18,21,23). The average Bonchev–Trinajstić information content (AvgIpc) is 2.57. The molecule has 1 rings (SSSR count). The van der Waals surface area contributed by atoms with Crippen molar-refractivity contribution in [2.75, 3.05) is 23.9 Å². The molecular formula is C17H25N3O3. The number of hydrogen-bond donors (Lipinski definition) is 1. The van der Waals surface area contributed by atoms with Gasteiger partial charge in [0, 0.05) is 26.6 Å². The van der Waals surface area contributed by atoms with Crippen LogP contribution in [-0.4, -0.2) is 38.9 Å². The third kappa shape index (κ3) is 5.09. The summed E-state index contributed by atoms with van der Waals surface area (Å²) in [5, 5.41) is 2.14. The van der Waals surface area contributed by atoms with Crippen LogP contribution >= 0.6 is 0 Å². The number of hydrogen-bond acceptors (Lipinski definition) is 4. The molecule has 1 aromatic carbocycles. The Morgan fingerprint density at radius 2 is 1.96 bits per heavy atom. The maximum absolute atomic E-state index is 11.4. The summed E-state index contributed by atoms with van der Waals surface area (Å²) in [5.41, 5.74) is 2.93. The van der Waals surface area contributed by atoms with E-state index in [1.165, 1.54) is 0 Å². The summed E-state index contributed by atoms with van der Waals surface area (Å²) < 4.78 is 0. The minimum atomic E-state index is -0.285. The Labute approximate surface area is 137 Å². The zero-order chi connectivity index (χ0) is 17.4. The Morgan fingerprint density at radius 3 is 2.52 bits per heavy atom. The molecule has 0 aliphatic heterocycles. The first-order valence-electron chi connectivity index (χ1n) is 7.71. The second-order valence-corrected chi connectivity index (χ2v) is 5.58.